The molecule has 1 aromatic rings. The van der Waals surface area contributed by atoms with Crippen molar-refractivity contribution in [3.63, 3.8) is 0 Å². The van der Waals surface area contributed by atoms with Gasteiger partial charge in [-0.15, -0.1) is 0 Å². The van der Waals surface area contributed by atoms with Crippen LogP contribution in [0.4, 0.5) is 5.69 Å². The molecule has 0 bridgehead atoms. The molecule has 1 aromatic carbocycles. The summed E-state index contributed by atoms with van der Waals surface area (Å²) >= 11 is 0. The molecule has 0 amide bonds. The number of carbonyl (C=O) groups is 2. The van der Waals surface area contributed by atoms with Crippen LogP contribution in [-0.4, -0.2) is 40.5 Å². The zero-order valence-corrected chi connectivity index (χ0v) is 10.2. The van der Waals surface area contributed by atoms with Crippen molar-refractivity contribution in [2.45, 2.75) is 18.6 Å². The second kappa shape index (κ2) is 6.17. The predicted molar refractivity (Wildman–Crippen MR) is 65.4 cm³/mol. The summed E-state index contributed by atoms with van der Waals surface area (Å²) in [5.41, 5.74) is 6.08. The zero-order chi connectivity index (χ0) is 14.6. The fourth-order valence-electron chi connectivity index (χ4n) is 1.59. The highest BCUT2D eigenvalue weighted by Gasteiger charge is 2.23. The van der Waals surface area contributed by atoms with E-state index in [0.29, 0.717) is 0 Å². The van der Waals surface area contributed by atoms with E-state index < -0.39 is 30.6 Å². The van der Waals surface area contributed by atoms with Crippen LogP contribution in [0.1, 0.15) is 28.4 Å². The van der Waals surface area contributed by atoms with E-state index in [9.17, 15) is 19.8 Å². The van der Waals surface area contributed by atoms with Gasteiger partial charge in [-0.3, -0.25) is 4.79 Å². The fraction of sp³-hybridized carbons (Fsp3) is 0.333. The summed E-state index contributed by atoms with van der Waals surface area (Å²) in [7, 11) is 1.22. The van der Waals surface area contributed by atoms with Gasteiger partial charge in [-0.25, -0.2) is 4.79 Å². The largest absolute Gasteiger partial charge is 0.481 e. The van der Waals surface area contributed by atoms with E-state index in [0.717, 1.165) is 0 Å². The number of hydrogen-bond donors (Lipinski definition) is 4. The highest BCUT2D eigenvalue weighted by atomic mass is 16.5. The summed E-state index contributed by atoms with van der Waals surface area (Å²) < 4.78 is 4.51. The maximum Gasteiger partial charge on any atom is 0.337 e. The molecule has 0 aliphatic rings. The van der Waals surface area contributed by atoms with Crippen LogP contribution in [0.3, 0.4) is 0 Å². The van der Waals surface area contributed by atoms with Crippen molar-refractivity contribution in [3.05, 3.63) is 29.3 Å². The van der Waals surface area contributed by atoms with E-state index in [1.807, 2.05) is 0 Å². The smallest absolute Gasteiger partial charge is 0.337 e. The number of carboxylic acid groups (broad SMARTS) is 1. The molecule has 2 unspecified atom stereocenters. The number of aliphatic hydroxyl groups excluding tert-OH is 2. The molecule has 1 rings (SSSR count). The number of nitrogen functional groups attached to an aromatic ring is 1. The number of aliphatic carboxylic acids is 1. The van der Waals surface area contributed by atoms with Crippen molar-refractivity contribution >= 4 is 17.6 Å². The van der Waals surface area contributed by atoms with Gasteiger partial charge in [0, 0.05) is 11.3 Å². The van der Waals surface area contributed by atoms with Crippen LogP contribution in [0.2, 0.25) is 0 Å². The SMILES string of the molecule is COC(=O)c1ccc(C(O)C(O)CC(=O)O)c(N)c1. The second-order valence-corrected chi connectivity index (χ2v) is 3.95. The molecule has 0 aliphatic heterocycles. The van der Waals surface area contributed by atoms with Gasteiger partial charge >= 0.3 is 11.9 Å². The summed E-state index contributed by atoms with van der Waals surface area (Å²) in [6.07, 6.45) is -3.54. The third kappa shape index (κ3) is 3.67. The topological polar surface area (TPSA) is 130 Å². The Labute approximate surface area is 109 Å². The Balaban J connectivity index is 2.95. The molecule has 104 valence electrons. The third-order valence-corrected chi connectivity index (χ3v) is 2.57. The molecule has 7 heteroatoms. The molecular weight excluding hydrogens is 254 g/mol. The number of nitrogens with two attached hydrogens (primary N) is 1. The van der Waals surface area contributed by atoms with E-state index in [-0.39, 0.29) is 16.8 Å². The van der Waals surface area contributed by atoms with Gasteiger partial charge in [0.1, 0.15) is 6.10 Å². The first-order valence-corrected chi connectivity index (χ1v) is 5.42. The highest BCUT2D eigenvalue weighted by Crippen LogP contribution is 2.25. The summed E-state index contributed by atoms with van der Waals surface area (Å²) in [5.74, 6) is -1.82. The van der Waals surface area contributed by atoms with E-state index in [2.05, 4.69) is 4.74 Å². The number of anilines is 1. The maximum absolute atomic E-state index is 11.3. The monoisotopic (exact) mass is 269 g/mol. The highest BCUT2D eigenvalue weighted by molar-refractivity contribution is 5.90. The van der Waals surface area contributed by atoms with Gasteiger partial charge in [0.05, 0.1) is 25.2 Å². The van der Waals surface area contributed by atoms with Gasteiger partial charge in [-0.05, 0) is 12.1 Å². The molecule has 0 saturated heterocycles. The fourth-order valence-corrected chi connectivity index (χ4v) is 1.59. The Hall–Kier alpha value is -2.12. The van der Waals surface area contributed by atoms with Gasteiger partial charge in [-0.1, -0.05) is 6.07 Å². The molecule has 19 heavy (non-hydrogen) atoms. The number of rotatable bonds is 5. The second-order valence-electron chi connectivity index (χ2n) is 3.95. The Morgan fingerprint density at radius 3 is 2.47 bits per heavy atom. The number of esters is 1. The summed E-state index contributed by atoms with van der Waals surface area (Å²) in [4.78, 5) is 21.7. The van der Waals surface area contributed by atoms with Crippen LogP contribution in [0.25, 0.3) is 0 Å². The summed E-state index contributed by atoms with van der Waals surface area (Å²) in [6.45, 7) is 0. The van der Waals surface area contributed by atoms with E-state index >= 15 is 0 Å². The van der Waals surface area contributed by atoms with E-state index in [1.54, 1.807) is 0 Å². The molecule has 0 spiro atoms. The van der Waals surface area contributed by atoms with Crippen molar-refractivity contribution in [3.8, 4) is 0 Å². The zero-order valence-electron chi connectivity index (χ0n) is 10.2. The molecule has 2 atom stereocenters. The molecule has 0 saturated carbocycles. The number of methoxy groups -OCH3 is 1. The Bertz CT molecular complexity index is 487. The minimum Gasteiger partial charge on any atom is -0.481 e. The van der Waals surface area contributed by atoms with Crippen molar-refractivity contribution in [1.29, 1.82) is 0 Å². The molecule has 0 heterocycles. The first-order chi connectivity index (χ1) is 8.86. The van der Waals surface area contributed by atoms with Gasteiger partial charge < -0.3 is 25.8 Å². The Morgan fingerprint density at radius 2 is 2.00 bits per heavy atom. The van der Waals surface area contributed by atoms with Crippen LogP contribution in [0.5, 0.6) is 0 Å². The van der Waals surface area contributed by atoms with Crippen molar-refractivity contribution in [2.24, 2.45) is 0 Å². The van der Waals surface area contributed by atoms with Gasteiger partial charge in [0.25, 0.3) is 0 Å². The number of carbonyl (C=O) groups excluding carboxylic acids is 1. The Kier molecular flexibility index (Phi) is 4.85. The molecule has 7 nitrogen and oxygen atoms in total. The van der Waals surface area contributed by atoms with Crippen LogP contribution in [0, 0.1) is 0 Å². The minimum atomic E-state index is -1.48. The normalized spacial score (nSPS) is 13.6. The average Bonchev–Trinajstić information content (AvgIpc) is 2.36. The van der Waals surface area contributed by atoms with Crippen molar-refractivity contribution in [2.75, 3.05) is 12.8 Å². The summed E-state index contributed by atoms with van der Waals surface area (Å²) in [5, 5.41) is 27.8. The lowest BCUT2D eigenvalue weighted by atomic mass is 9.99. The van der Waals surface area contributed by atoms with E-state index in [4.69, 9.17) is 10.8 Å². The van der Waals surface area contributed by atoms with Gasteiger partial charge in [0.15, 0.2) is 0 Å². The predicted octanol–water partition coefficient (Wildman–Crippen LogP) is -0.0756. The first-order valence-electron chi connectivity index (χ1n) is 5.42. The quantitative estimate of drug-likeness (QED) is 0.434. The first kappa shape index (κ1) is 14.9. The van der Waals surface area contributed by atoms with Crippen LogP contribution >= 0.6 is 0 Å². The number of ether oxygens (including phenoxy) is 1. The summed E-state index contributed by atoms with van der Waals surface area (Å²) in [6, 6.07) is 4.00. The van der Waals surface area contributed by atoms with Crippen LogP contribution in [0.15, 0.2) is 18.2 Å². The Morgan fingerprint density at radius 1 is 1.37 bits per heavy atom. The molecule has 0 aromatic heterocycles. The van der Waals surface area contributed by atoms with Crippen molar-refractivity contribution in [1.82, 2.24) is 0 Å². The number of hydrogen-bond acceptors (Lipinski definition) is 6. The van der Waals surface area contributed by atoms with Gasteiger partial charge in [0.2, 0.25) is 0 Å². The maximum atomic E-state index is 11.3. The molecule has 0 radical (unpaired) electrons. The van der Waals surface area contributed by atoms with Crippen LogP contribution < -0.4 is 5.73 Å². The molecule has 0 fully saturated rings. The average molecular weight is 269 g/mol. The number of benzene rings is 1. The number of aliphatic hydroxyl groups is 2. The standard InChI is InChI=1S/C12H15NO6/c1-19-12(18)6-2-3-7(8(13)4-6)11(17)9(14)5-10(15)16/h2-4,9,11,14,17H,5,13H2,1H3,(H,15,16). The lowest BCUT2D eigenvalue weighted by Crippen LogP contribution is -2.22. The number of carboxylic acids is 1. The lowest BCUT2D eigenvalue weighted by Gasteiger charge is -2.18. The van der Waals surface area contributed by atoms with Crippen molar-refractivity contribution < 1.29 is 29.6 Å². The minimum absolute atomic E-state index is 0.0693. The van der Waals surface area contributed by atoms with E-state index in [1.165, 1.54) is 25.3 Å². The van der Waals surface area contributed by atoms with Crippen LogP contribution in [-0.2, 0) is 9.53 Å². The molecule has 0 aliphatic carbocycles. The lowest BCUT2D eigenvalue weighted by molar-refractivity contribution is -0.141. The molecular formula is C12H15NO6. The van der Waals surface area contributed by atoms with Gasteiger partial charge in [-0.2, -0.15) is 0 Å². The third-order valence-electron chi connectivity index (χ3n) is 2.57. The molecule has 5 N–H and O–H groups in total.